The number of likely N-dealkylation sites (tertiary alicyclic amines) is 2. The van der Waals surface area contributed by atoms with Gasteiger partial charge in [0.25, 0.3) is 5.69 Å². The van der Waals surface area contributed by atoms with Gasteiger partial charge in [0.05, 0.1) is 27.8 Å². The van der Waals surface area contributed by atoms with E-state index in [1.54, 1.807) is 11.8 Å². The highest BCUT2D eigenvalue weighted by molar-refractivity contribution is 7.89. The summed E-state index contributed by atoms with van der Waals surface area (Å²) in [5.41, 5.74) is -0.226. The van der Waals surface area contributed by atoms with Crippen molar-refractivity contribution < 1.29 is 27.7 Å². The van der Waals surface area contributed by atoms with E-state index in [9.17, 15) is 32.9 Å². The Balaban J connectivity index is 1.58. The van der Waals surface area contributed by atoms with Crippen molar-refractivity contribution in [3.63, 3.8) is 0 Å². The van der Waals surface area contributed by atoms with Crippen LogP contribution >= 0.6 is 0 Å². The Morgan fingerprint density at radius 3 is 2.38 bits per heavy atom. The first-order valence-corrected chi connectivity index (χ1v) is 11.9. The molecule has 3 heterocycles. The van der Waals surface area contributed by atoms with Gasteiger partial charge < -0.3 is 4.90 Å². The molecular formula is C20H24N4O7S. The Labute approximate surface area is 185 Å². The summed E-state index contributed by atoms with van der Waals surface area (Å²) in [6, 6.07) is 2.80. The number of sulfonamides is 1. The molecule has 1 unspecified atom stereocenters. The lowest BCUT2D eigenvalue weighted by molar-refractivity contribution is -0.384. The number of nitrogens with zero attached hydrogens (tertiary/aromatic N) is 4. The number of hydrogen-bond acceptors (Lipinski definition) is 7. The molecule has 3 fully saturated rings. The Bertz CT molecular complexity index is 1090. The highest BCUT2D eigenvalue weighted by atomic mass is 32.2. The largest absolute Gasteiger partial charge is 0.335 e. The van der Waals surface area contributed by atoms with Crippen molar-refractivity contribution in [2.45, 2.75) is 56.1 Å². The smallest absolute Gasteiger partial charge is 0.269 e. The third-order valence-electron chi connectivity index (χ3n) is 6.66. The van der Waals surface area contributed by atoms with Gasteiger partial charge in [0.15, 0.2) is 0 Å². The summed E-state index contributed by atoms with van der Waals surface area (Å²) in [6.07, 6.45) is 1.31. The van der Waals surface area contributed by atoms with Crippen LogP contribution in [0.15, 0.2) is 29.2 Å². The second-order valence-electron chi connectivity index (χ2n) is 8.42. The van der Waals surface area contributed by atoms with Crippen molar-refractivity contribution in [3.8, 4) is 0 Å². The van der Waals surface area contributed by atoms with E-state index in [1.807, 2.05) is 0 Å². The van der Waals surface area contributed by atoms with Crippen molar-refractivity contribution in [2.75, 3.05) is 13.1 Å². The first-order chi connectivity index (χ1) is 15.1. The number of non-ortho nitro benzene ring substituents is 1. The SMILES string of the molecule is CC(=O)N1C(=O)[C@@H](C)[C@@H]2[C@@H]1CCN2C(=O)C1CCCN1S(=O)(=O)c1ccc([N+](=O)[O-])cc1. The number of amides is 3. The maximum absolute atomic E-state index is 13.5. The zero-order valence-corrected chi connectivity index (χ0v) is 18.5. The number of benzene rings is 1. The van der Waals surface area contributed by atoms with Gasteiger partial charge in [0.1, 0.15) is 6.04 Å². The minimum absolute atomic E-state index is 0.116. The van der Waals surface area contributed by atoms with E-state index >= 15 is 0 Å². The van der Waals surface area contributed by atoms with Crippen LogP contribution in [-0.4, -0.2) is 76.4 Å². The summed E-state index contributed by atoms with van der Waals surface area (Å²) in [6.45, 7) is 3.52. The molecule has 0 spiro atoms. The minimum atomic E-state index is -4.04. The van der Waals surface area contributed by atoms with Crippen LogP contribution < -0.4 is 0 Å². The molecule has 4 rings (SSSR count). The van der Waals surface area contributed by atoms with Gasteiger partial charge in [-0.2, -0.15) is 4.31 Å². The van der Waals surface area contributed by atoms with Gasteiger partial charge in [0, 0.05) is 32.1 Å². The van der Waals surface area contributed by atoms with E-state index in [-0.39, 0.29) is 40.9 Å². The molecule has 1 aromatic carbocycles. The van der Waals surface area contributed by atoms with E-state index in [0.717, 1.165) is 16.4 Å². The van der Waals surface area contributed by atoms with E-state index in [2.05, 4.69) is 0 Å². The number of rotatable bonds is 4. The molecule has 12 heteroatoms. The molecule has 4 atom stereocenters. The highest BCUT2D eigenvalue weighted by Gasteiger charge is 2.56. The highest BCUT2D eigenvalue weighted by Crippen LogP contribution is 2.38. The Hall–Kier alpha value is -2.86. The molecular weight excluding hydrogens is 440 g/mol. The van der Waals surface area contributed by atoms with Crippen LogP contribution in [0, 0.1) is 16.0 Å². The summed E-state index contributed by atoms with van der Waals surface area (Å²) in [7, 11) is -4.04. The van der Waals surface area contributed by atoms with E-state index in [0.29, 0.717) is 25.8 Å². The van der Waals surface area contributed by atoms with Crippen LogP contribution in [0.1, 0.15) is 33.1 Å². The predicted octanol–water partition coefficient (Wildman–Crippen LogP) is 0.742. The zero-order valence-electron chi connectivity index (χ0n) is 17.7. The number of fused-ring (bicyclic) bond motifs is 1. The third-order valence-corrected chi connectivity index (χ3v) is 8.58. The number of carbonyl (C=O) groups excluding carboxylic acids is 3. The van der Waals surface area contributed by atoms with Gasteiger partial charge >= 0.3 is 0 Å². The Morgan fingerprint density at radius 1 is 1.12 bits per heavy atom. The molecule has 0 N–H and O–H groups in total. The molecule has 0 aromatic heterocycles. The monoisotopic (exact) mass is 464 g/mol. The van der Waals surface area contributed by atoms with Crippen molar-refractivity contribution in [3.05, 3.63) is 34.4 Å². The predicted molar refractivity (Wildman–Crippen MR) is 111 cm³/mol. The topological polar surface area (TPSA) is 138 Å². The Morgan fingerprint density at radius 2 is 1.78 bits per heavy atom. The molecule has 32 heavy (non-hydrogen) atoms. The van der Waals surface area contributed by atoms with E-state index in [4.69, 9.17) is 0 Å². The van der Waals surface area contributed by atoms with Gasteiger partial charge in [-0.25, -0.2) is 8.42 Å². The van der Waals surface area contributed by atoms with Crippen LogP contribution in [0.4, 0.5) is 5.69 Å². The van der Waals surface area contributed by atoms with Crippen molar-refractivity contribution in [1.82, 2.24) is 14.1 Å². The van der Waals surface area contributed by atoms with Gasteiger partial charge in [0.2, 0.25) is 27.7 Å². The maximum atomic E-state index is 13.5. The van der Waals surface area contributed by atoms with Gasteiger partial charge in [-0.05, 0) is 31.4 Å². The molecule has 0 saturated carbocycles. The molecule has 3 aliphatic heterocycles. The molecule has 3 aliphatic rings. The quantitative estimate of drug-likeness (QED) is 0.473. The van der Waals surface area contributed by atoms with Crippen LogP contribution in [0.2, 0.25) is 0 Å². The normalized spacial score (nSPS) is 28.2. The maximum Gasteiger partial charge on any atom is 0.269 e. The molecule has 0 radical (unpaired) electrons. The van der Waals surface area contributed by atoms with Crippen LogP contribution in [0.5, 0.6) is 0 Å². The Kier molecular flexibility index (Phi) is 5.53. The van der Waals surface area contributed by atoms with E-state index in [1.165, 1.54) is 24.0 Å². The minimum Gasteiger partial charge on any atom is -0.335 e. The second-order valence-corrected chi connectivity index (χ2v) is 10.3. The van der Waals surface area contributed by atoms with Crippen LogP contribution in [-0.2, 0) is 24.4 Å². The lowest BCUT2D eigenvalue weighted by Gasteiger charge is -2.31. The molecule has 1 aromatic rings. The number of hydrogen-bond donors (Lipinski definition) is 0. The first-order valence-electron chi connectivity index (χ1n) is 10.5. The molecule has 172 valence electrons. The number of nitro groups is 1. The van der Waals surface area contributed by atoms with Gasteiger partial charge in [-0.15, -0.1) is 0 Å². The standard InChI is InChI=1S/C20H24N4O7S/c1-12-18-16(23(13(2)25)19(12)26)9-11-21(18)20(27)17-4-3-10-22(17)32(30,31)15-7-5-14(6-8-15)24(28)29/h5-8,12,16-18H,3-4,9-11H2,1-2H3/t12-,16-,17?,18+/m0/s1. The van der Waals surface area contributed by atoms with Crippen LogP contribution in [0.25, 0.3) is 0 Å². The van der Waals surface area contributed by atoms with Gasteiger partial charge in [-0.1, -0.05) is 6.92 Å². The molecule has 3 saturated heterocycles. The van der Waals surface area contributed by atoms with Crippen molar-refractivity contribution >= 4 is 33.4 Å². The molecule has 0 bridgehead atoms. The first kappa shape index (κ1) is 22.3. The lowest BCUT2D eigenvalue weighted by Crippen LogP contribution is -2.51. The van der Waals surface area contributed by atoms with Crippen molar-refractivity contribution in [2.24, 2.45) is 5.92 Å². The summed E-state index contributed by atoms with van der Waals surface area (Å²) >= 11 is 0. The molecule has 0 aliphatic carbocycles. The van der Waals surface area contributed by atoms with Crippen molar-refractivity contribution in [1.29, 1.82) is 0 Å². The fraction of sp³-hybridized carbons (Fsp3) is 0.550. The number of nitro benzene ring substituents is 1. The number of carbonyl (C=O) groups is 3. The average Bonchev–Trinajstić information content (AvgIpc) is 3.45. The molecule has 3 amide bonds. The summed E-state index contributed by atoms with van der Waals surface area (Å²) in [4.78, 5) is 50.9. The zero-order chi connectivity index (χ0) is 23.4. The van der Waals surface area contributed by atoms with E-state index < -0.39 is 32.9 Å². The summed E-state index contributed by atoms with van der Waals surface area (Å²) in [5.74, 6) is -1.58. The van der Waals surface area contributed by atoms with Crippen LogP contribution in [0.3, 0.4) is 0 Å². The number of imide groups is 1. The lowest BCUT2D eigenvalue weighted by atomic mass is 10.0. The third kappa shape index (κ3) is 3.37. The summed E-state index contributed by atoms with van der Waals surface area (Å²) in [5, 5.41) is 10.9. The summed E-state index contributed by atoms with van der Waals surface area (Å²) < 4.78 is 27.6. The average molecular weight is 465 g/mol. The van der Waals surface area contributed by atoms with Gasteiger partial charge in [-0.3, -0.25) is 29.4 Å². The fourth-order valence-corrected chi connectivity index (χ4v) is 6.85. The fourth-order valence-electron chi connectivity index (χ4n) is 5.20. The molecule has 11 nitrogen and oxygen atoms in total. The second kappa shape index (κ2) is 7.93.